The quantitative estimate of drug-likeness (QED) is 0.582. The van der Waals surface area contributed by atoms with E-state index in [2.05, 4.69) is 42.6 Å². The molecule has 8 heteroatoms. The molecule has 1 aromatic heterocycles. The molecule has 1 atom stereocenters. The summed E-state index contributed by atoms with van der Waals surface area (Å²) in [5, 5.41) is 0. The first-order valence-corrected chi connectivity index (χ1v) is 11.4. The predicted molar refractivity (Wildman–Crippen MR) is 124 cm³/mol. The van der Waals surface area contributed by atoms with Crippen molar-refractivity contribution in [3.05, 3.63) is 41.6 Å². The van der Waals surface area contributed by atoms with Crippen LogP contribution in [0.4, 0.5) is 19.0 Å². The molecule has 0 saturated carbocycles. The maximum absolute atomic E-state index is 12.9. The molecule has 0 aliphatic carbocycles. The Kier molecular flexibility index (Phi) is 7.34. The van der Waals surface area contributed by atoms with Gasteiger partial charge in [-0.2, -0.15) is 13.2 Å². The van der Waals surface area contributed by atoms with E-state index in [9.17, 15) is 18.0 Å². The Bertz CT molecular complexity index is 959. The molecule has 0 bridgehead atoms. The Labute approximate surface area is 194 Å². The van der Waals surface area contributed by atoms with Crippen LogP contribution in [-0.2, 0) is 11.0 Å². The first-order chi connectivity index (χ1) is 15.3. The highest BCUT2D eigenvalue weighted by atomic mass is 19.4. The van der Waals surface area contributed by atoms with Gasteiger partial charge in [0.15, 0.2) is 5.82 Å². The fourth-order valence-electron chi connectivity index (χ4n) is 4.38. The maximum Gasteiger partial charge on any atom is 0.416 e. The van der Waals surface area contributed by atoms with Crippen LogP contribution in [0.15, 0.2) is 30.3 Å². The van der Waals surface area contributed by atoms with Crippen LogP contribution in [0, 0.1) is 18.3 Å². The summed E-state index contributed by atoms with van der Waals surface area (Å²) in [7, 11) is 0. The molecule has 0 spiro atoms. The molecular formula is C25H33F3N4O. The average molecular weight is 463 g/mol. The van der Waals surface area contributed by atoms with Crippen LogP contribution in [0.1, 0.15) is 51.8 Å². The third kappa shape index (κ3) is 6.92. The second-order valence-corrected chi connectivity index (χ2v) is 10.2. The van der Waals surface area contributed by atoms with Gasteiger partial charge in [-0.3, -0.25) is 4.79 Å². The van der Waals surface area contributed by atoms with Crippen molar-refractivity contribution in [2.75, 3.05) is 31.1 Å². The Hall–Kier alpha value is -2.64. The second-order valence-electron chi connectivity index (χ2n) is 10.2. The second kappa shape index (κ2) is 9.69. The molecule has 2 aromatic rings. The Morgan fingerprint density at radius 1 is 1.03 bits per heavy atom. The molecule has 3 rings (SSSR count). The van der Waals surface area contributed by atoms with Crippen LogP contribution in [0.2, 0.25) is 0 Å². The van der Waals surface area contributed by atoms with E-state index >= 15 is 0 Å². The number of carbonyl (C=O) groups is 1. The first-order valence-electron chi connectivity index (χ1n) is 11.4. The van der Waals surface area contributed by atoms with Gasteiger partial charge in [0.25, 0.3) is 0 Å². The number of anilines is 1. The minimum absolute atomic E-state index is 0.190. The van der Waals surface area contributed by atoms with Gasteiger partial charge in [0.1, 0.15) is 5.82 Å². The van der Waals surface area contributed by atoms with Gasteiger partial charge in [-0.05, 0) is 36.8 Å². The number of aromatic nitrogens is 2. The van der Waals surface area contributed by atoms with Gasteiger partial charge in [0, 0.05) is 49.9 Å². The smallest absolute Gasteiger partial charge is 0.353 e. The highest BCUT2D eigenvalue weighted by Crippen LogP contribution is 2.31. The maximum atomic E-state index is 12.9. The van der Waals surface area contributed by atoms with E-state index in [0.29, 0.717) is 49.9 Å². The lowest BCUT2D eigenvalue weighted by Crippen LogP contribution is -2.49. The van der Waals surface area contributed by atoms with Crippen LogP contribution in [-0.4, -0.2) is 47.0 Å². The molecule has 1 aliphatic rings. The third-order valence-corrected chi connectivity index (χ3v) is 5.75. The van der Waals surface area contributed by atoms with Crippen molar-refractivity contribution in [3.63, 3.8) is 0 Å². The zero-order chi connectivity index (χ0) is 24.4. The van der Waals surface area contributed by atoms with Gasteiger partial charge in [-0.1, -0.05) is 39.8 Å². The van der Waals surface area contributed by atoms with Gasteiger partial charge in [0.05, 0.1) is 5.56 Å². The fraction of sp³-hybridized carbons (Fsp3) is 0.560. The molecular weight excluding hydrogens is 429 g/mol. The van der Waals surface area contributed by atoms with E-state index in [1.165, 1.54) is 12.1 Å². The number of amides is 1. The van der Waals surface area contributed by atoms with Crippen molar-refractivity contribution in [1.82, 2.24) is 14.9 Å². The van der Waals surface area contributed by atoms with E-state index in [4.69, 9.17) is 0 Å². The summed E-state index contributed by atoms with van der Waals surface area (Å²) in [6.45, 7) is 13.1. The molecule has 180 valence electrons. The molecule has 33 heavy (non-hydrogen) atoms. The molecule has 5 nitrogen and oxygen atoms in total. The normalized spacial score (nSPS) is 16.1. The fourth-order valence-corrected chi connectivity index (χ4v) is 4.38. The first kappa shape index (κ1) is 25.0. The number of nitrogens with zero attached hydrogens (tertiary/aromatic N) is 4. The van der Waals surface area contributed by atoms with E-state index in [1.54, 1.807) is 0 Å². The highest BCUT2D eigenvalue weighted by Gasteiger charge is 2.30. The largest absolute Gasteiger partial charge is 0.416 e. The van der Waals surface area contributed by atoms with Crippen molar-refractivity contribution >= 4 is 11.7 Å². The van der Waals surface area contributed by atoms with Gasteiger partial charge in [-0.15, -0.1) is 0 Å². The van der Waals surface area contributed by atoms with Gasteiger partial charge in [-0.25, -0.2) is 9.97 Å². The molecule has 1 fully saturated rings. The number of hydrogen-bond donors (Lipinski definition) is 0. The zero-order valence-corrected chi connectivity index (χ0v) is 20.0. The molecule has 1 aliphatic heterocycles. The summed E-state index contributed by atoms with van der Waals surface area (Å²) in [5.74, 6) is 1.65. The number of halogens is 3. The number of benzene rings is 1. The van der Waals surface area contributed by atoms with Crippen molar-refractivity contribution in [2.24, 2.45) is 11.3 Å². The van der Waals surface area contributed by atoms with Crippen molar-refractivity contribution in [3.8, 4) is 11.4 Å². The van der Waals surface area contributed by atoms with E-state index < -0.39 is 11.7 Å². The topological polar surface area (TPSA) is 49.3 Å². The minimum Gasteiger partial charge on any atom is -0.353 e. The molecule has 1 aromatic carbocycles. The number of alkyl halides is 3. The Balaban J connectivity index is 1.65. The SMILES string of the molecule is Cc1cc(N2CCN(C(=O)CC(C)CC(C)(C)C)CC2)nc(-c2ccc(C(F)(F)F)cc2)n1. The van der Waals surface area contributed by atoms with Gasteiger partial charge >= 0.3 is 6.18 Å². The molecule has 0 radical (unpaired) electrons. The molecule has 1 unspecified atom stereocenters. The van der Waals surface area contributed by atoms with Gasteiger partial charge in [0.2, 0.25) is 5.91 Å². The monoisotopic (exact) mass is 462 g/mol. The molecule has 0 N–H and O–H groups in total. The summed E-state index contributed by atoms with van der Waals surface area (Å²) < 4.78 is 38.6. The number of piperazine rings is 1. The average Bonchev–Trinajstić information content (AvgIpc) is 2.71. The highest BCUT2D eigenvalue weighted by molar-refractivity contribution is 5.76. The van der Waals surface area contributed by atoms with Crippen LogP contribution < -0.4 is 4.90 Å². The van der Waals surface area contributed by atoms with Crippen LogP contribution in [0.25, 0.3) is 11.4 Å². The van der Waals surface area contributed by atoms with Crippen molar-refractivity contribution < 1.29 is 18.0 Å². The standard InChI is InChI=1S/C25H33F3N4O/c1-17(16-24(3,4)5)14-22(33)32-12-10-31(11-13-32)21-15-18(2)29-23(30-21)19-6-8-20(9-7-19)25(26,27)28/h6-9,15,17H,10-14,16H2,1-5H3. The van der Waals surface area contributed by atoms with Crippen molar-refractivity contribution in [1.29, 1.82) is 0 Å². The Morgan fingerprint density at radius 2 is 1.64 bits per heavy atom. The zero-order valence-electron chi connectivity index (χ0n) is 20.0. The lowest BCUT2D eigenvalue weighted by atomic mass is 9.84. The van der Waals surface area contributed by atoms with Crippen LogP contribution >= 0.6 is 0 Å². The summed E-state index contributed by atoms with van der Waals surface area (Å²) >= 11 is 0. The van der Waals surface area contributed by atoms with E-state index in [-0.39, 0.29) is 11.3 Å². The summed E-state index contributed by atoms with van der Waals surface area (Å²) in [6.07, 6.45) is -2.81. The summed E-state index contributed by atoms with van der Waals surface area (Å²) in [4.78, 5) is 25.8. The van der Waals surface area contributed by atoms with E-state index in [1.807, 2.05) is 17.9 Å². The van der Waals surface area contributed by atoms with Crippen LogP contribution in [0.5, 0.6) is 0 Å². The predicted octanol–water partition coefficient (Wildman–Crippen LogP) is 5.58. The van der Waals surface area contributed by atoms with Crippen LogP contribution in [0.3, 0.4) is 0 Å². The number of carbonyl (C=O) groups excluding carboxylic acids is 1. The number of rotatable bonds is 5. The molecule has 2 heterocycles. The lowest BCUT2D eigenvalue weighted by molar-refractivity contribution is -0.137. The number of hydrogen-bond acceptors (Lipinski definition) is 4. The summed E-state index contributed by atoms with van der Waals surface area (Å²) in [5.41, 5.74) is 0.782. The number of aryl methyl sites for hydroxylation is 1. The van der Waals surface area contributed by atoms with Gasteiger partial charge < -0.3 is 9.80 Å². The van der Waals surface area contributed by atoms with E-state index in [0.717, 1.165) is 30.1 Å². The molecule has 1 saturated heterocycles. The summed E-state index contributed by atoms with van der Waals surface area (Å²) in [6, 6.07) is 6.77. The van der Waals surface area contributed by atoms with Crippen molar-refractivity contribution in [2.45, 2.75) is 53.6 Å². The lowest BCUT2D eigenvalue weighted by Gasteiger charge is -2.36. The Morgan fingerprint density at radius 3 is 2.18 bits per heavy atom. The molecule has 1 amide bonds. The third-order valence-electron chi connectivity index (χ3n) is 5.75. The minimum atomic E-state index is -4.38.